The van der Waals surface area contributed by atoms with Crippen LogP contribution in [0.4, 0.5) is 0 Å². The van der Waals surface area contributed by atoms with Crippen molar-refractivity contribution >= 4 is 18.4 Å². The monoisotopic (exact) mass is 181 g/mol. The van der Waals surface area contributed by atoms with Gasteiger partial charge in [-0.05, 0) is 6.07 Å². The average molecular weight is 181 g/mol. The lowest BCUT2D eigenvalue weighted by atomic mass is 10.4. The minimum absolute atomic E-state index is 0.119. The topological polar surface area (TPSA) is 63.3 Å². The first-order valence-electron chi connectivity index (χ1n) is 3.29. The normalized spacial score (nSPS) is 10.8. The van der Waals surface area contributed by atoms with Crippen LogP contribution in [0.1, 0.15) is 5.69 Å². The molecule has 6 heteroatoms. The Morgan fingerprint density at radius 2 is 2.42 bits per heavy atom. The van der Waals surface area contributed by atoms with Crippen LogP contribution in [0.2, 0.25) is 0 Å². The Balaban J connectivity index is 2.80. The van der Waals surface area contributed by atoms with Gasteiger partial charge in [0.05, 0.1) is 12.3 Å². The lowest BCUT2D eigenvalue weighted by Crippen LogP contribution is -2.00. The summed E-state index contributed by atoms with van der Waals surface area (Å²) in [5, 5.41) is 13.2. The van der Waals surface area contributed by atoms with Gasteiger partial charge in [-0.3, -0.25) is 0 Å². The van der Waals surface area contributed by atoms with E-state index in [1.807, 2.05) is 0 Å². The molecule has 0 bridgehead atoms. The highest BCUT2D eigenvalue weighted by atomic mass is 32.1. The average Bonchev–Trinajstić information content (AvgIpc) is 2.50. The maximum Gasteiger partial charge on any atom is 0.253 e. The molecule has 2 aromatic rings. The Hall–Kier alpha value is -1.27. The second kappa shape index (κ2) is 2.65. The van der Waals surface area contributed by atoms with E-state index in [4.69, 9.17) is 17.7 Å². The number of rotatable bonds is 1. The zero-order valence-electron chi connectivity index (χ0n) is 6.01. The Labute approximate surface area is 73.5 Å². The molecule has 2 heterocycles. The summed E-state index contributed by atoms with van der Waals surface area (Å²) in [6, 6.07) is 1.59. The van der Waals surface area contributed by atoms with Crippen LogP contribution in [0.15, 0.2) is 17.4 Å². The smallest absolute Gasteiger partial charge is 0.253 e. The maximum atomic E-state index is 8.92. The summed E-state index contributed by atoms with van der Waals surface area (Å²) in [6.45, 7) is -0.119. The summed E-state index contributed by atoms with van der Waals surface area (Å²) in [4.78, 5) is 7.79. The van der Waals surface area contributed by atoms with Crippen LogP contribution in [0, 0.1) is 0 Å². The van der Waals surface area contributed by atoms with E-state index in [1.54, 1.807) is 6.07 Å². The van der Waals surface area contributed by atoms with E-state index in [0.717, 1.165) is 0 Å². The molecule has 0 unspecified atom stereocenters. The molecule has 1 N–H and O–H groups in total. The summed E-state index contributed by atoms with van der Waals surface area (Å²) in [5.41, 5.74) is 0.600. The number of hydrogen-bond donors (Lipinski definition) is 1. The zero-order chi connectivity index (χ0) is 8.55. The molecule has 5 nitrogen and oxygen atoms in total. The van der Waals surface area contributed by atoms with Crippen molar-refractivity contribution in [2.75, 3.05) is 0 Å². The molecule has 0 aliphatic heterocycles. The molecule has 61 valence electrons. The first-order valence-corrected chi connectivity index (χ1v) is 3.69. The summed E-state index contributed by atoms with van der Waals surface area (Å²) >= 11 is 4.86. The summed E-state index contributed by atoms with van der Waals surface area (Å²) in [7, 11) is 0. The fraction of sp³-hybridized carbons (Fsp3) is 0.167. The highest BCUT2D eigenvalue weighted by Crippen LogP contribution is 2.07. The molecule has 2 aromatic heterocycles. The van der Waals surface area contributed by atoms with Crippen molar-refractivity contribution in [2.45, 2.75) is 11.6 Å². The third-order valence-electron chi connectivity index (χ3n) is 1.46. The van der Waals surface area contributed by atoms with Gasteiger partial charge >= 0.3 is 0 Å². The fourth-order valence-corrected chi connectivity index (χ4v) is 1.18. The van der Waals surface area contributed by atoms with E-state index in [0.29, 0.717) is 16.5 Å². The van der Waals surface area contributed by atoms with Gasteiger partial charge in [-0.25, -0.2) is 0 Å². The van der Waals surface area contributed by atoms with Gasteiger partial charge < -0.3 is 5.11 Å². The van der Waals surface area contributed by atoms with Gasteiger partial charge in [-0.15, -0.1) is 0 Å². The molecule has 0 fully saturated rings. The third kappa shape index (κ3) is 1.01. The van der Waals surface area contributed by atoms with Gasteiger partial charge in [0.2, 0.25) is 0 Å². The number of hydrogen-bond acceptors (Lipinski definition) is 4. The van der Waals surface area contributed by atoms with Crippen LogP contribution in [0.25, 0.3) is 5.78 Å². The van der Waals surface area contributed by atoms with Crippen LogP contribution in [-0.2, 0) is 6.61 Å². The van der Waals surface area contributed by atoms with Gasteiger partial charge in [0.25, 0.3) is 5.78 Å². The fourth-order valence-electron chi connectivity index (χ4n) is 0.961. The molecule has 0 atom stereocenters. The standard InChI is InChI=1S/C6H5N4OS/c11-2-4-1-5(12)9-6-7-3-8-10(4)6/h1,3,11H,2H2. The predicted molar refractivity (Wildman–Crippen MR) is 42.6 cm³/mol. The number of fused-ring (bicyclic) bond motifs is 1. The molecule has 0 amide bonds. The predicted octanol–water partition coefficient (Wildman–Crippen LogP) is 0.173. The van der Waals surface area contributed by atoms with Gasteiger partial charge in [0.1, 0.15) is 11.4 Å². The van der Waals surface area contributed by atoms with Crippen molar-refractivity contribution in [1.82, 2.24) is 19.6 Å². The van der Waals surface area contributed by atoms with E-state index in [1.165, 1.54) is 10.8 Å². The molecule has 0 saturated heterocycles. The molecule has 0 aliphatic rings. The van der Waals surface area contributed by atoms with Crippen LogP contribution < -0.4 is 0 Å². The first kappa shape index (κ1) is 7.38. The highest BCUT2D eigenvalue weighted by Gasteiger charge is 2.04. The molecule has 0 aromatic carbocycles. The Morgan fingerprint density at radius 1 is 1.58 bits per heavy atom. The van der Waals surface area contributed by atoms with Crippen LogP contribution >= 0.6 is 12.6 Å². The molecule has 0 spiro atoms. The van der Waals surface area contributed by atoms with Gasteiger partial charge in [-0.1, -0.05) is 12.6 Å². The highest BCUT2D eigenvalue weighted by molar-refractivity contribution is 7.80. The van der Waals surface area contributed by atoms with E-state index in [-0.39, 0.29) is 6.61 Å². The molecule has 0 saturated carbocycles. The lowest BCUT2D eigenvalue weighted by Gasteiger charge is -1.98. The van der Waals surface area contributed by atoms with Gasteiger partial charge in [-0.2, -0.15) is 19.6 Å². The van der Waals surface area contributed by atoms with E-state index < -0.39 is 0 Å². The molecule has 12 heavy (non-hydrogen) atoms. The van der Waals surface area contributed by atoms with Crippen molar-refractivity contribution in [3.63, 3.8) is 0 Å². The quantitative estimate of drug-likeness (QED) is 0.637. The van der Waals surface area contributed by atoms with Crippen LogP contribution in [0.3, 0.4) is 0 Å². The largest absolute Gasteiger partial charge is 0.390 e. The molecule has 1 radical (unpaired) electrons. The van der Waals surface area contributed by atoms with E-state index in [9.17, 15) is 0 Å². The minimum Gasteiger partial charge on any atom is -0.390 e. The van der Waals surface area contributed by atoms with Crippen molar-refractivity contribution < 1.29 is 5.11 Å². The minimum atomic E-state index is -0.119. The SMILES string of the molecule is OCc1cc([S])nc2ncnn12. The van der Waals surface area contributed by atoms with Crippen LogP contribution in [-0.4, -0.2) is 24.7 Å². The van der Waals surface area contributed by atoms with E-state index in [2.05, 4.69) is 15.1 Å². The second-order valence-corrected chi connectivity index (χ2v) is 2.63. The third-order valence-corrected chi connectivity index (χ3v) is 1.67. The Kier molecular flexibility index (Phi) is 1.63. The van der Waals surface area contributed by atoms with E-state index >= 15 is 0 Å². The zero-order valence-corrected chi connectivity index (χ0v) is 6.82. The summed E-state index contributed by atoms with van der Waals surface area (Å²) in [5.74, 6) is 0.423. The molecular weight excluding hydrogens is 176 g/mol. The number of nitrogens with zero attached hydrogens (tertiary/aromatic N) is 4. The Morgan fingerprint density at radius 3 is 3.17 bits per heavy atom. The first-order chi connectivity index (χ1) is 5.81. The summed E-state index contributed by atoms with van der Waals surface area (Å²) in [6.07, 6.45) is 1.37. The molecule has 0 aliphatic carbocycles. The van der Waals surface area contributed by atoms with Crippen molar-refractivity contribution in [3.8, 4) is 0 Å². The Bertz CT molecular complexity index is 413. The lowest BCUT2D eigenvalue weighted by molar-refractivity contribution is 0.273. The van der Waals surface area contributed by atoms with Crippen molar-refractivity contribution in [3.05, 3.63) is 18.1 Å². The van der Waals surface area contributed by atoms with Crippen molar-refractivity contribution in [2.24, 2.45) is 0 Å². The number of aliphatic hydroxyl groups is 1. The summed E-state index contributed by atoms with van der Waals surface area (Å²) < 4.78 is 1.45. The number of aromatic nitrogens is 4. The molecular formula is C6H5N4OS. The van der Waals surface area contributed by atoms with Gasteiger partial charge in [0, 0.05) is 0 Å². The van der Waals surface area contributed by atoms with Crippen molar-refractivity contribution in [1.29, 1.82) is 0 Å². The molecule has 2 rings (SSSR count). The van der Waals surface area contributed by atoms with Gasteiger partial charge in [0.15, 0.2) is 0 Å². The second-order valence-electron chi connectivity index (χ2n) is 2.22. The maximum absolute atomic E-state index is 8.92. The van der Waals surface area contributed by atoms with Crippen LogP contribution in [0.5, 0.6) is 0 Å². The number of aliphatic hydroxyl groups excluding tert-OH is 1.